The molecule has 1 heteroatoms. The van der Waals surface area contributed by atoms with E-state index in [9.17, 15) is 0 Å². The highest BCUT2D eigenvalue weighted by molar-refractivity contribution is 6.12. The molecule has 1 saturated heterocycles. The number of aryl methyl sites for hydroxylation is 1. The van der Waals surface area contributed by atoms with E-state index in [2.05, 4.69) is 38.1 Å². The number of fused-ring (bicyclic) bond motifs is 5. The Balaban J connectivity index is 1.96. The Morgan fingerprint density at radius 3 is 2.87 bits per heavy atom. The van der Waals surface area contributed by atoms with E-state index in [1.54, 1.807) is 0 Å². The molecule has 0 bridgehead atoms. The van der Waals surface area contributed by atoms with Crippen LogP contribution in [0.3, 0.4) is 0 Å². The van der Waals surface area contributed by atoms with Gasteiger partial charge in [0.05, 0.1) is 0 Å². The highest BCUT2D eigenvalue weighted by Gasteiger charge is 2.49. The van der Waals surface area contributed by atoms with Crippen molar-refractivity contribution in [2.24, 2.45) is 0 Å². The molecule has 3 aliphatic rings. The molecule has 2 atom stereocenters. The van der Waals surface area contributed by atoms with Crippen LogP contribution in [0.5, 0.6) is 0 Å². The molecule has 0 N–H and O–H groups in total. The lowest BCUT2D eigenvalue weighted by molar-refractivity contribution is 0.417. The molecular weight excluding hydrogens is 184 g/mol. The Kier molecular flexibility index (Phi) is 1.18. The molecule has 1 fully saturated rings. The lowest BCUT2D eigenvalue weighted by Crippen LogP contribution is -2.16. The first-order valence-corrected chi connectivity index (χ1v) is 5.45. The second kappa shape index (κ2) is 2.25. The zero-order valence-electron chi connectivity index (χ0n) is 8.87. The maximum absolute atomic E-state index is 5.63. The molecular formula is C14H12O. The first-order chi connectivity index (χ1) is 7.25. The first-order valence-electron chi connectivity index (χ1n) is 5.45. The summed E-state index contributed by atoms with van der Waals surface area (Å²) in [5, 5.41) is 0. The fourth-order valence-electron chi connectivity index (χ4n) is 2.85. The summed E-state index contributed by atoms with van der Waals surface area (Å²) in [7, 11) is 0. The van der Waals surface area contributed by atoms with Crippen molar-refractivity contribution in [1.82, 2.24) is 0 Å². The minimum atomic E-state index is 0.373. The van der Waals surface area contributed by atoms with Gasteiger partial charge in [-0.2, -0.15) is 0 Å². The second-order valence-electron chi connectivity index (χ2n) is 4.71. The van der Waals surface area contributed by atoms with Gasteiger partial charge in [0.25, 0.3) is 0 Å². The van der Waals surface area contributed by atoms with Gasteiger partial charge in [0.2, 0.25) is 0 Å². The van der Waals surface area contributed by atoms with Gasteiger partial charge < -0.3 is 4.74 Å². The third-order valence-corrected chi connectivity index (χ3v) is 3.62. The van der Waals surface area contributed by atoms with Crippen LogP contribution in [0.15, 0.2) is 29.8 Å². The van der Waals surface area contributed by atoms with E-state index in [0.717, 1.165) is 0 Å². The molecule has 2 aliphatic carbocycles. The molecule has 1 heterocycles. The van der Waals surface area contributed by atoms with Gasteiger partial charge in [-0.25, -0.2) is 0 Å². The van der Waals surface area contributed by atoms with E-state index in [1.807, 2.05) is 0 Å². The summed E-state index contributed by atoms with van der Waals surface area (Å²) in [6, 6.07) is 6.71. The largest absolute Gasteiger partial charge is 0.360 e. The Labute approximate surface area is 89.1 Å². The smallest absolute Gasteiger partial charge is 0.114 e. The van der Waals surface area contributed by atoms with Crippen LogP contribution < -0.4 is 0 Å². The Bertz CT molecular complexity index is 548. The summed E-state index contributed by atoms with van der Waals surface area (Å²) in [4.78, 5) is 0. The Hall–Kier alpha value is -1.34. The van der Waals surface area contributed by atoms with Crippen LogP contribution in [0.1, 0.15) is 23.6 Å². The molecule has 0 radical (unpaired) electrons. The fraction of sp³-hybridized carbons (Fsp3) is 0.286. The maximum atomic E-state index is 5.63. The van der Waals surface area contributed by atoms with Gasteiger partial charge >= 0.3 is 0 Å². The van der Waals surface area contributed by atoms with Crippen molar-refractivity contribution in [3.05, 3.63) is 46.5 Å². The molecule has 15 heavy (non-hydrogen) atoms. The van der Waals surface area contributed by atoms with E-state index >= 15 is 0 Å². The molecule has 1 aliphatic heterocycles. The van der Waals surface area contributed by atoms with Gasteiger partial charge in [-0.1, -0.05) is 23.8 Å². The van der Waals surface area contributed by atoms with Crippen molar-refractivity contribution in [1.29, 1.82) is 0 Å². The minimum absolute atomic E-state index is 0.373. The summed E-state index contributed by atoms with van der Waals surface area (Å²) >= 11 is 0. The topological polar surface area (TPSA) is 12.5 Å². The highest BCUT2D eigenvalue weighted by Crippen LogP contribution is 2.55. The van der Waals surface area contributed by atoms with Crippen LogP contribution in [0.4, 0.5) is 0 Å². The Morgan fingerprint density at radius 2 is 2.00 bits per heavy atom. The monoisotopic (exact) mass is 196 g/mol. The average Bonchev–Trinajstić information content (AvgIpc) is 2.89. The van der Waals surface area contributed by atoms with Crippen LogP contribution in [-0.2, 0) is 4.74 Å². The lowest BCUT2D eigenvalue weighted by Gasteiger charge is -2.30. The van der Waals surface area contributed by atoms with E-state index in [0.29, 0.717) is 12.2 Å². The molecule has 1 nitrogen and oxygen atoms in total. The van der Waals surface area contributed by atoms with E-state index < -0.39 is 0 Å². The zero-order chi connectivity index (χ0) is 10.2. The van der Waals surface area contributed by atoms with Gasteiger partial charge in [0.1, 0.15) is 12.2 Å². The molecule has 1 aromatic carbocycles. The quantitative estimate of drug-likeness (QED) is 0.581. The fourth-order valence-corrected chi connectivity index (χ4v) is 2.85. The number of ether oxygens (including phenoxy) is 1. The van der Waals surface area contributed by atoms with E-state index in [-0.39, 0.29) is 0 Å². The number of hydrogen-bond acceptors (Lipinski definition) is 1. The van der Waals surface area contributed by atoms with Crippen LogP contribution >= 0.6 is 0 Å². The maximum Gasteiger partial charge on any atom is 0.114 e. The van der Waals surface area contributed by atoms with Gasteiger partial charge in [-0.05, 0) is 47.8 Å². The number of hydrogen-bond donors (Lipinski definition) is 0. The molecule has 4 rings (SSSR count). The van der Waals surface area contributed by atoms with Crippen LogP contribution in [0.2, 0.25) is 0 Å². The molecule has 74 valence electrons. The van der Waals surface area contributed by atoms with Gasteiger partial charge in [0.15, 0.2) is 0 Å². The normalized spacial score (nSPS) is 29.9. The molecule has 2 unspecified atom stereocenters. The number of allylic oxidation sites excluding steroid dienone is 2. The molecule has 0 amide bonds. The van der Waals surface area contributed by atoms with Crippen LogP contribution in [-0.4, -0.2) is 12.2 Å². The third kappa shape index (κ3) is 0.829. The number of benzene rings is 1. The predicted octanol–water partition coefficient (Wildman–Crippen LogP) is 2.95. The predicted molar refractivity (Wildman–Crippen MR) is 60.4 cm³/mol. The van der Waals surface area contributed by atoms with Gasteiger partial charge in [-0.15, -0.1) is 0 Å². The zero-order valence-corrected chi connectivity index (χ0v) is 8.87. The SMILES string of the molecule is CC1=CC2OC2C2=C1c1cc(C)ccc12. The number of rotatable bonds is 0. The summed E-state index contributed by atoms with van der Waals surface area (Å²) < 4.78 is 5.63. The summed E-state index contributed by atoms with van der Waals surface area (Å²) in [6.07, 6.45) is 3.01. The second-order valence-corrected chi connectivity index (χ2v) is 4.71. The van der Waals surface area contributed by atoms with Crippen molar-refractivity contribution >= 4 is 11.1 Å². The van der Waals surface area contributed by atoms with Gasteiger partial charge in [-0.3, -0.25) is 0 Å². The Morgan fingerprint density at radius 1 is 1.13 bits per heavy atom. The van der Waals surface area contributed by atoms with Crippen molar-refractivity contribution in [2.45, 2.75) is 26.1 Å². The molecule has 1 aromatic rings. The van der Waals surface area contributed by atoms with Crippen LogP contribution in [0, 0.1) is 6.92 Å². The minimum Gasteiger partial charge on any atom is -0.360 e. The molecule has 0 saturated carbocycles. The summed E-state index contributed by atoms with van der Waals surface area (Å²) in [5.74, 6) is 0. The third-order valence-electron chi connectivity index (χ3n) is 3.62. The summed E-state index contributed by atoms with van der Waals surface area (Å²) in [5.41, 5.74) is 8.47. The van der Waals surface area contributed by atoms with Crippen molar-refractivity contribution in [2.75, 3.05) is 0 Å². The first kappa shape index (κ1) is 7.89. The molecule has 0 aromatic heterocycles. The highest BCUT2D eigenvalue weighted by atomic mass is 16.6. The standard InChI is InChI=1S/C14H12O/c1-7-3-4-9-10(5-7)12-8(2)6-11-14(15-11)13(9)12/h3-6,11,14H,1-2H3. The van der Waals surface area contributed by atoms with Crippen LogP contribution in [0.25, 0.3) is 11.1 Å². The van der Waals surface area contributed by atoms with Crippen molar-refractivity contribution in [3.8, 4) is 0 Å². The van der Waals surface area contributed by atoms with Crippen molar-refractivity contribution in [3.63, 3.8) is 0 Å². The number of epoxide rings is 1. The van der Waals surface area contributed by atoms with Gasteiger partial charge in [0, 0.05) is 0 Å². The average molecular weight is 196 g/mol. The van der Waals surface area contributed by atoms with Crippen molar-refractivity contribution < 1.29 is 4.74 Å². The summed E-state index contributed by atoms with van der Waals surface area (Å²) in [6.45, 7) is 4.34. The lowest BCUT2D eigenvalue weighted by atomic mass is 9.72. The van der Waals surface area contributed by atoms with E-state index in [1.165, 1.54) is 33.4 Å². The van der Waals surface area contributed by atoms with E-state index in [4.69, 9.17) is 4.74 Å². The molecule has 0 spiro atoms.